The molecule has 1 aromatic carbocycles. The zero-order valence-electron chi connectivity index (χ0n) is 11.5. The van der Waals surface area contributed by atoms with Crippen molar-refractivity contribution in [3.8, 4) is 0 Å². The van der Waals surface area contributed by atoms with Crippen LogP contribution >= 0.6 is 0 Å². The maximum Gasteiger partial charge on any atom is 0.219 e. The Kier molecular flexibility index (Phi) is 7.11. The van der Waals surface area contributed by atoms with E-state index in [-0.39, 0.29) is 5.91 Å². The molecule has 2 N–H and O–H groups in total. The van der Waals surface area contributed by atoms with Gasteiger partial charge in [-0.2, -0.15) is 0 Å². The second-order valence-electron chi connectivity index (χ2n) is 4.58. The molecule has 18 heavy (non-hydrogen) atoms. The standard InChI is InChI=1S/C15H24N2O/c1-16-12-14-9-6-8-13(11-14)7-4-3-5-10-15(18)17-2/h6,8-9,11,16H,3-5,7,10,12H2,1-2H3,(H,17,18). The maximum absolute atomic E-state index is 11.0. The fraction of sp³-hybridized carbons (Fsp3) is 0.533. The van der Waals surface area contributed by atoms with E-state index in [9.17, 15) is 4.79 Å². The van der Waals surface area contributed by atoms with Crippen molar-refractivity contribution < 1.29 is 4.79 Å². The Morgan fingerprint density at radius 1 is 1.11 bits per heavy atom. The summed E-state index contributed by atoms with van der Waals surface area (Å²) in [5.74, 6) is 0.144. The van der Waals surface area contributed by atoms with E-state index in [4.69, 9.17) is 0 Å². The molecule has 0 unspecified atom stereocenters. The molecule has 3 nitrogen and oxygen atoms in total. The van der Waals surface area contributed by atoms with E-state index in [2.05, 4.69) is 34.9 Å². The van der Waals surface area contributed by atoms with E-state index in [0.29, 0.717) is 6.42 Å². The number of amides is 1. The molecule has 3 heteroatoms. The number of nitrogens with one attached hydrogen (secondary N) is 2. The first-order valence-electron chi connectivity index (χ1n) is 6.69. The molecule has 100 valence electrons. The summed E-state index contributed by atoms with van der Waals surface area (Å²) in [6.45, 7) is 0.921. The van der Waals surface area contributed by atoms with E-state index < -0.39 is 0 Å². The molecule has 0 radical (unpaired) electrons. The third-order valence-corrected chi connectivity index (χ3v) is 3.02. The van der Waals surface area contributed by atoms with Crippen molar-refractivity contribution in [2.45, 2.75) is 38.6 Å². The third-order valence-electron chi connectivity index (χ3n) is 3.02. The van der Waals surface area contributed by atoms with Gasteiger partial charge in [0.2, 0.25) is 5.91 Å². The highest BCUT2D eigenvalue weighted by Gasteiger charge is 1.99. The molecule has 0 spiro atoms. The largest absolute Gasteiger partial charge is 0.359 e. The van der Waals surface area contributed by atoms with Gasteiger partial charge in [0.25, 0.3) is 0 Å². The fourth-order valence-corrected chi connectivity index (χ4v) is 2.02. The first-order valence-corrected chi connectivity index (χ1v) is 6.69. The Balaban J connectivity index is 2.22. The fourth-order valence-electron chi connectivity index (χ4n) is 2.02. The molecule has 0 fully saturated rings. The number of carbonyl (C=O) groups excluding carboxylic acids is 1. The zero-order valence-corrected chi connectivity index (χ0v) is 11.5. The van der Waals surface area contributed by atoms with E-state index in [1.807, 2.05) is 7.05 Å². The molecule has 1 aromatic rings. The Labute approximate surface area is 110 Å². The van der Waals surface area contributed by atoms with Crippen LogP contribution in [0.1, 0.15) is 36.8 Å². The van der Waals surface area contributed by atoms with Crippen molar-refractivity contribution in [2.24, 2.45) is 0 Å². The minimum absolute atomic E-state index is 0.144. The highest BCUT2D eigenvalue weighted by atomic mass is 16.1. The van der Waals surface area contributed by atoms with E-state index >= 15 is 0 Å². The average Bonchev–Trinajstić information content (AvgIpc) is 2.39. The van der Waals surface area contributed by atoms with Crippen LogP contribution in [0, 0.1) is 0 Å². The SMILES string of the molecule is CNCc1cccc(CCCCCC(=O)NC)c1. The van der Waals surface area contributed by atoms with Crippen LogP contribution in [0.3, 0.4) is 0 Å². The lowest BCUT2D eigenvalue weighted by atomic mass is 10.0. The summed E-state index contributed by atoms with van der Waals surface area (Å²) in [5, 5.41) is 5.81. The summed E-state index contributed by atoms with van der Waals surface area (Å²) < 4.78 is 0. The van der Waals surface area contributed by atoms with Gasteiger partial charge in [-0.05, 0) is 37.4 Å². The van der Waals surface area contributed by atoms with Gasteiger partial charge >= 0.3 is 0 Å². The highest BCUT2D eigenvalue weighted by molar-refractivity contribution is 5.75. The van der Waals surface area contributed by atoms with Gasteiger partial charge in [0.15, 0.2) is 0 Å². The molecular weight excluding hydrogens is 224 g/mol. The lowest BCUT2D eigenvalue weighted by molar-refractivity contribution is -0.120. The normalized spacial score (nSPS) is 10.3. The molecule has 0 bridgehead atoms. The topological polar surface area (TPSA) is 41.1 Å². The third kappa shape index (κ3) is 5.82. The number of hydrogen-bond acceptors (Lipinski definition) is 2. The summed E-state index contributed by atoms with van der Waals surface area (Å²) in [4.78, 5) is 11.0. The highest BCUT2D eigenvalue weighted by Crippen LogP contribution is 2.10. The molecule has 0 atom stereocenters. The van der Waals surface area contributed by atoms with Crippen molar-refractivity contribution >= 4 is 5.91 Å². The minimum atomic E-state index is 0.144. The maximum atomic E-state index is 11.0. The number of hydrogen-bond donors (Lipinski definition) is 2. The van der Waals surface area contributed by atoms with E-state index in [1.54, 1.807) is 7.05 Å². The Bertz CT molecular complexity index is 363. The minimum Gasteiger partial charge on any atom is -0.359 e. The first-order chi connectivity index (χ1) is 8.76. The van der Waals surface area contributed by atoms with Gasteiger partial charge in [-0.3, -0.25) is 4.79 Å². The van der Waals surface area contributed by atoms with Gasteiger partial charge in [-0.1, -0.05) is 30.7 Å². The van der Waals surface area contributed by atoms with Gasteiger partial charge in [-0.15, -0.1) is 0 Å². The van der Waals surface area contributed by atoms with Gasteiger partial charge in [-0.25, -0.2) is 0 Å². The van der Waals surface area contributed by atoms with Crippen LogP contribution in [0.4, 0.5) is 0 Å². The first kappa shape index (κ1) is 14.7. The summed E-state index contributed by atoms with van der Waals surface area (Å²) in [5.41, 5.74) is 2.73. The number of rotatable bonds is 8. The van der Waals surface area contributed by atoms with Crippen molar-refractivity contribution in [1.29, 1.82) is 0 Å². The molecule has 0 saturated heterocycles. The molecule has 1 amide bonds. The van der Waals surface area contributed by atoms with Gasteiger partial charge in [0.1, 0.15) is 0 Å². The van der Waals surface area contributed by atoms with Crippen LogP contribution < -0.4 is 10.6 Å². The van der Waals surface area contributed by atoms with Crippen LogP contribution in [0.25, 0.3) is 0 Å². The number of unbranched alkanes of at least 4 members (excludes halogenated alkanes) is 2. The van der Waals surface area contributed by atoms with Crippen molar-refractivity contribution in [2.75, 3.05) is 14.1 Å². The molecule has 0 aliphatic carbocycles. The quantitative estimate of drug-likeness (QED) is 0.693. The van der Waals surface area contributed by atoms with Gasteiger partial charge in [0, 0.05) is 20.0 Å². The lowest BCUT2D eigenvalue weighted by Gasteiger charge is -2.05. The molecule has 0 aliphatic rings. The van der Waals surface area contributed by atoms with Crippen LogP contribution in [-0.4, -0.2) is 20.0 Å². The molecule has 0 saturated carbocycles. The predicted molar refractivity (Wildman–Crippen MR) is 75.4 cm³/mol. The van der Waals surface area contributed by atoms with Crippen LogP contribution in [-0.2, 0) is 17.8 Å². The van der Waals surface area contributed by atoms with E-state index in [0.717, 1.165) is 32.2 Å². The van der Waals surface area contributed by atoms with Crippen molar-refractivity contribution in [1.82, 2.24) is 10.6 Å². The number of benzene rings is 1. The molecule has 0 aromatic heterocycles. The molecule has 1 rings (SSSR count). The second kappa shape index (κ2) is 8.70. The van der Waals surface area contributed by atoms with Gasteiger partial charge < -0.3 is 10.6 Å². The molecule has 0 heterocycles. The lowest BCUT2D eigenvalue weighted by Crippen LogP contribution is -2.16. The Morgan fingerprint density at radius 3 is 2.61 bits per heavy atom. The molecular formula is C15H24N2O. The summed E-state index contributed by atoms with van der Waals surface area (Å²) in [6.07, 6.45) is 5.00. The van der Waals surface area contributed by atoms with Crippen LogP contribution in [0.5, 0.6) is 0 Å². The van der Waals surface area contributed by atoms with E-state index in [1.165, 1.54) is 11.1 Å². The summed E-state index contributed by atoms with van der Waals surface area (Å²) >= 11 is 0. The second-order valence-corrected chi connectivity index (χ2v) is 4.58. The summed E-state index contributed by atoms with van der Waals surface area (Å²) in [7, 11) is 3.65. The Morgan fingerprint density at radius 2 is 1.89 bits per heavy atom. The predicted octanol–water partition coefficient (Wildman–Crippen LogP) is 2.25. The van der Waals surface area contributed by atoms with Crippen molar-refractivity contribution in [3.05, 3.63) is 35.4 Å². The van der Waals surface area contributed by atoms with Crippen LogP contribution in [0.15, 0.2) is 24.3 Å². The smallest absolute Gasteiger partial charge is 0.219 e. The monoisotopic (exact) mass is 248 g/mol. The summed E-state index contributed by atoms with van der Waals surface area (Å²) in [6, 6.07) is 8.70. The molecule has 0 aliphatic heterocycles. The average molecular weight is 248 g/mol. The van der Waals surface area contributed by atoms with Gasteiger partial charge in [0.05, 0.1) is 0 Å². The number of aryl methyl sites for hydroxylation is 1. The van der Waals surface area contributed by atoms with Crippen molar-refractivity contribution in [3.63, 3.8) is 0 Å². The Hall–Kier alpha value is -1.35. The number of carbonyl (C=O) groups is 1. The van der Waals surface area contributed by atoms with Crippen LogP contribution in [0.2, 0.25) is 0 Å². The zero-order chi connectivity index (χ0) is 13.2.